The second-order valence-electron chi connectivity index (χ2n) is 6.46. The molecule has 0 radical (unpaired) electrons. The van der Waals surface area contributed by atoms with Crippen LogP contribution in [0.2, 0.25) is 0 Å². The highest BCUT2D eigenvalue weighted by atomic mass is 16.1. The van der Waals surface area contributed by atoms with Gasteiger partial charge in [0.05, 0.1) is 11.9 Å². The van der Waals surface area contributed by atoms with Crippen LogP contribution in [0.15, 0.2) is 67.0 Å². The molecule has 0 saturated heterocycles. The van der Waals surface area contributed by atoms with E-state index in [1.165, 1.54) is 0 Å². The molecule has 1 amide bonds. The van der Waals surface area contributed by atoms with Gasteiger partial charge >= 0.3 is 0 Å². The van der Waals surface area contributed by atoms with Crippen LogP contribution in [0.3, 0.4) is 0 Å². The van der Waals surface area contributed by atoms with Crippen LogP contribution in [0.5, 0.6) is 0 Å². The molecule has 0 bridgehead atoms. The molecule has 6 heteroatoms. The number of anilines is 1. The number of hydrogen-bond donors (Lipinski definition) is 2. The maximum absolute atomic E-state index is 11.2. The number of nitrogens with one attached hydrogen (secondary N) is 1. The maximum atomic E-state index is 11.2. The van der Waals surface area contributed by atoms with Crippen molar-refractivity contribution in [2.45, 2.75) is 6.42 Å². The molecule has 0 unspecified atom stereocenters. The summed E-state index contributed by atoms with van der Waals surface area (Å²) in [6, 6.07) is 17.7. The number of primary amides is 1. The summed E-state index contributed by atoms with van der Waals surface area (Å²) in [5.74, 6) is 1.03. The lowest BCUT2D eigenvalue weighted by Crippen LogP contribution is -2.13. The van der Waals surface area contributed by atoms with Gasteiger partial charge in [0.25, 0.3) is 0 Å². The van der Waals surface area contributed by atoms with E-state index in [9.17, 15) is 4.79 Å². The first-order valence-electron chi connectivity index (χ1n) is 8.91. The zero-order chi connectivity index (χ0) is 19.5. The summed E-state index contributed by atoms with van der Waals surface area (Å²) in [6.07, 6.45) is 3.70. The van der Waals surface area contributed by atoms with Gasteiger partial charge in [0.2, 0.25) is 5.91 Å². The zero-order valence-electron chi connectivity index (χ0n) is 15.4. The average Bonchev–Trinajstić information content (AvgIpc) is 2.73. The van der Waals surface area contributed by atoms with Gasteiger partial charge in [-0.3, -0.25) is 9.78 Å². The van der Waals surface area contributed by atoms with E-state index in [4.69, 9.17) is 10.7 Å². The van der Waals surface area contributed by atoms with Gasteiger partial charge in [-0.15, -0.1) is 0 Å². The summed E-state index contributed by atoms with van der Waals surface area (Å²) in [7, 11) is 1.84. The van der Waals surface area contributed by atoms with Gasteiger partial charge in [0.15, 0.2) is 5.82 Å². The second-order valence-corrected chi connectivity index (χ2v) is 6.46. The highest BCUT2D eigenvalue weighted by Gasteiger charge is 2.11. The lowest BCUT2D eigenvalue weighted by molar-refractivity contribution is -0.117. The molecule has 0 saturated carbocycles. The number of carbonyl (C=O) groups is 1. The van der Waals surface area contributed by atoms with Gasteiger partial charge in [-0.1, -0.05) is 30.3 Å². The van der Waals surface area contributed by atoms with Crippen molar-refractivity contribution in [1.82, 2.24) is 15.0 Å². The molecule has 3 N–H and O–H groups in total. The lowest BCUT2D eigenvalue weighted by atomic mass is 10.00. The highest BCUT2D eigenvalue weighted by molar-refractivity contribution is 5.94. The van der Waals surface area contributed by atoms with E-state index < -0.39 is 0 Å². The molecule has 4 rings (SSSR count). The first-order valence-corrected chi connectivity index (χ1v) is 8.91. The van der Waals surface area contributed by atoms with E-state index in [0.717, 1.165) is 39.0 Å². The fourth-order valence-corrected chi connectivity index (χ4v) is 3.18. The zero-order valence-corrected chi connectivity index (χ0v) is 15.4. The number of carbonyl (C=O) groups excluding carboxylic acids is 1. The Kier molecular flexibility index (Phi) is 4.68. The van der Waals surface area contributed by atoms with Crippen molar-refractivity contribution in [2.24, 2.45) is 5.73 Å². The van der Waals surface area contributed by atoms with E-state index in [1.54, 1.807) is 12.4 Å². The fourth-order valence-electron chi connectivity index (χ4n) is 3.18. The average molecular weight is 369 g/mol. The Hall–Kier alpha value is -3.80. The molecule has 2 aromatic heterocycles. The van der Waals surface area contributed by atoms with Crippen molar-refractivity contribution in [3.8, 4) is 22.5 Å². The normalized spacial score (nSPS) is 10.8. The Morgan fingerprint density at radius 2 is 1.82 bits per heavy atom. The van der Waals surface area contributed by atoms with Crippen molar-refractivity contribution >= 4 is 22.6 Å². The molecular formula is C22H19N5O. The molecule has 0 aliphatic rings. The number of fused-ring (bicyclic) bond motifs is 1. The highest BCUT2D eigenvalue weighted by Crippen LogP contribution is 2.29. The number of nitrogens with zero attached hydrogens (tertiary/aromatic N) is 3. The summed E-state index contributed by atoms with van der Waals surface area (Å²) in [5.41, 5.74) is 9.95. The predicted octanol–water partition coefficient (Wildman–Crippen LogP) is 3.43. The number of nitrogens with two attached hydrogens (primary N) is 1. The van der Waals surface area contributed by atoms with Gasteiger partial charge in [-0.05, 0) is 41.0 Å². The third kappa shape index (κ3) is 3.53. The van der Waals surface area contributed by atoms with Crippen molar-refractivity contribution in [2.75, 3.05) is 12.4 Å². The Morgan fingerprint density at radius 1 is 1.00 bits per heavy atom. The van der Waals surface area contributed by atoms with Crippen LogP contribution < -0.4 is 11.1 Å². The van der Waals surface area contributed by atoms with Crippen LogP contribution in [0.25, 0.3) is 33.4 Å². The third-order valence-electron chi connectivity index (χ3n) is 4.49. The Balaban J connectivity index is 1.80. The molecule has 0 atom stereocenters. The number of hydrogen-bond acceptors (Lipinski definition) is 5. The van der Waals surface area contributed by atoms with E-state index in [1.807, 2.05) is 55.6 Å². The van der Waals surface area contributed by atoms with Gasteiger partial charge in [-0.25, -0.2) is 9.97 Å². The SMILES string of the molecule is CNc1nc(-c2cccnc2)nc2ccc(-c3cccc(CC(N)=O)c3)cc12. The minimum atomic E-state index is -0.343. The number of benzene rings is 2. The van der Waals surface area contributed by atoms with Crippen LogP contribution in [0.1, 0.15) is 5.56 Å². The van der Waals surface area contributed by atoms with Gasteiger partial charge < -0.3 is 11.1 Å². The summed E-state index contributed by atoms with van der Waals surface area (Å²) in [4.78, 5) is 24.7. The number of pyridine rings is 1. The third-order valence-corrected chi connectivity index (χ3v) is 4.49. The molecule has 2 aromatic carbocycles. The van der Waals surface area contributed by atoms with Crippen LogP contribution in [-0.2, 0) is 11.2 Å². The van der Waals surface area contributed by atoms with Crippen LogP contribution in [0, 0.1) is 0 Å². The summed E-state index contributed by atoms with van der Waals surface area (Å²) < 4.78 is 0. The lowest BCUT2D eigenvalue weighted by Gasteiger charge is -2.10. The summed E-state index contributed by atoms with van der Waals surface area (Å²) in [5, 5.41) is 4.09. The van der Waals surface area contributed by atoms with E-state index in [-0.39, 0.29) is 12.3 Å². The summed E-state index contributed by atoms with van der Waals surface area (Å²) in [6.45, 7) is 0. The van der Waals surface area contributed by atoms with Gasteiger partial charge in [0, 0.05) is 30.4 Å². The molecule has 0 spiro atoms. The first kappa shape index (κ1) is 17.6. The Bertz CT molecular complexity index is 1160. The molecule has 0 aliphatic heterocycles. The van der Waals surface area contributed by atoms with Crippen LogP contribution in [-0.4, -0.2) is 27.9 Å². The van der Waals surface area contributed by atoms with E-state index in [2.05, 4.69) is 21.4 Å². The van der Waals surface area contributed by atoms with E-state index in [0.29, 0.717) is 5.82 Å². The minimum absolute atomic E-state index is 0.223. The molecule has 138 valence electrons. The maximum Gasteiger partial charge on any atom is 0.221 e. The Labute approximate surface area is 162 Å². The molecule has 28 heavy (non-hydrogen) atoms. The van der Waals surface area contributed by atoms with E-state index >= 15 is 0 Å². The van der Waals surface area contributed by atoms with Gasteiger partial charge in [-0.2, -0.15) is 0 Å². The molecular weight excluding hydrogens is 350 g/mol. The van der Waals surface area contributed by atoms with Crippen LogP contribution in [0.4, 0.5) is 5.82 Å². The fraction of sp³-hybridized carbons (Fsp3) is 0.0909. The molecule has 4 aromatic rings. The number of rotatable bonds is 5. The van der Waals surface area contributed by atoms with Crippen molar-refractivity contribution in [3.63, 3.8) is 0 Å². The largest absolute Gasteiger partial charge is 0.373 e. The van der Waals surface area contributed by atoms with Crippen molar-refractivity contribution in [3.05, 3.63) is 72.6 Å². The molecule has 6 nitrogen and oxygen atoms in total. The summed E-state index contributed by atoms with van der Waals surface area (Å²) >= 11 is 0. The topological polar surface area (TPSA) is 93.8 Å². The quantitative estimate of drug-likeness (QED) is 0.562. The second kappa shape index (κ2) is 7.44. The standard InChI is InChI=1S/C22H19N5O/c1-24-22-18-12-16(15-5-2-4-14(10-15)11-20(23)28)7-8-19(18)26-21(27-22)17-6-3-9-25-13-17/h2-10,12-13H,11H2,1H3,(H2,23,28)(H,24,26,27). The van der Waals surface area contributed by atoms with Gasteiger partial charge in [0.1, 0.15) is 5.82 Å². The Morgan fingerprint density at radius 3 is 2.57 bits per heavy atom. The molecule has 2 heterocycles. The minimum Gasteiger partial charge on any atom is -0.373 e. The van der Waals surface area contributed by atoms with Crippen molar-refractivity contribution < 1.29 is 4.79 Å². The predicted molar refractivity (Wildman–Crippen MR) is 111 cm³/mol. The van der Waals surface area contributed by atoms with Crippen LogP contribution >= 0.6 is 0 Å². The molecule has 0 fully saturated rings. The smallest absolute Gasteiger partial charge is 0.221 e. The number of aromatic nitrogens is 3. The molecule has 0 aliphatic carbocycles. The first-order chi connectivity index (χ1) is 13.6. The monoisotopic (exact) mass is 369 g/mol. The van der Waals surface area contributed by atoms with Crippen molar-refractivity contribution in [1.29, 1.82) is 0 Å². The number of amides is 1.